The molecule has 1 aliphatic rings. The molecule has 2 atom stereocenters. The second-order valence-corrected chi connectivity index (χ2v) is 5.61. The van der Waals surface area contributed by atoms with Gasteiger partial charge in [0.25, 0.3) is 0 Å². The molecule has 1 fully saturated rings. The van der Waals surface area contributed by atoms with Crippen molar-refractivity contribution in [3.63, 3.8) is 0 Å². The minimum Gasteiger partial charge on any atom is -0.476 e. The number of carboxylic acids is 1. The van der Waals surface area contributed by atoms with Gasteiger partial charge < -0.3 is 15.7 Å². The Hall–Kier alpha value is -1.63. The number of nitrogens with zero attached hydrogens (tertiary/aromatic N) is 2. The van der Waals surface area contributed by atoms with E-state index in [1.54, 1.807) is 5.38 Å². The predicted octanol–water partition coefficient (Wildman–Crippen LogP) is 2.11. The summed E-state index contributed by atoms with van der Waals surface area (Å²) in [6.45, 7) is 2.10. The maximum Gasteiger partial charge on any atom is 0.360 e. The molecule has 0 unspecified atom stereocenters. The van der Waals surface area contributed by atoms with Gasteiger partial charge in [-0.3, -0.25) is 0 Å². The van der Waals surface area contributed by atoms with Gasteiger partial charge in [0.15, 0.2) is 5.13 Å². The number of nitrogens with two attached hydrogens (primary N) is 1. The van der Waals surface area contributed by atoms with Crippen molar-refractivity contribution in [3.05, 3.63) is 11.1 Å². The van der Waals surface area contributed by atoms with E-state index in [1.165, 1.54) is 17.8 Å². The number of anilines is 1. The number of hydrogen-bond donors (Lipinski definition) is 2. The first-order chi connectivity index (χ1) is 9.08. The first-order valence-corrected chi connectivity index (χ1v) is 7.14. The fraction of sp³-hybridized carbons (Fsp3) is 0.583. The number of rotatable bonds is 4. The Balaban J connectivity index is 2.11. The Morgan fingerprint density at radius 3 is 2.89 bits per heavy atom. The van der Waals surface area contributed by atoms with E-state index >= 15 is 0 Å². The van der Waals surface area contributed by atoms with Gasteiger partial charge in [-0.1, -0.05) is 18.5 Å². The van der Waals surface area contributed by atoms with E-state index in [1.807, 2.05) is 0 Å². The van der Waals surface area contributed by atoms with E-state index in [0.29, 0.717) is 11.0 Å². The molecule has 1 heterocycles. The Labute approximate surface area is 115 Å². The number of thiazole rings is 1. The third kappa shape index (κ3) is 3.44. The standard InChI is InChI=1S/C12H17N3O3S/c1-7-4-2-3-5-9(7)18-15-10(11(16)17)8-6-19-12(13)14-8/h6-7,9H,2-5H2,1H3,(H2,13,14)(H,16,17)/t7-,9-/m1/s1. The zero-order valence-electron chi connectivity index (χ0n) is 10.7. The summed E-state index contributed by atoms with van der Waals surface area (Å²) in [7, 11) is 0. The molecule has 0 saturated heterocycles. The van der Waals surface area contributed by atoms with Crippen LogP contribution in [0.3, 0.4) is 0 Å². The third-order valence-corrected chi connectivity index (χ3v) is 3.95. The Morgan fingerprint density at radius 1 is 1.58 bits per heavy atom. The smallest absolute Gasteiger partial charge is 0.360 e. The van der Waals surface area contributed by atoms with Crippen molar-refractivity contribution in [2.24, 2.45) is 11.1 Å². The fourth-order valence-corrected chi connectivity index (χ4v) is 2.70. The zero-order valence-corrected chi connectivity index (χ0v) is 11.5. The van der Waals surface area contributed by atoms with Crippen molar-refractivity contribution in [3.8, 4) is 0 Å². The predicted molar refractivity (Wildman–Crippen MR) is 73.2 cm³/mol. The first kappa shape index (κ1) is 13.8. The van der Waals surface area contributed by atoms with Crippen LogP contribution in [0.15, 0.2) is 10.5 Å². The number of carboxylic acid groups (broad SMARTS) is 1. The highest BCUT2D eigenvalue weighted by atomic mass is 32.1. The summed E-state index contributed by atoms with van der Waals surface area (Å²) in [5.41, 5.74) is 5.56. The number of aromatic nitrogens is 1. The average Bonchev–Trinajstić information content (AvgIpc) is 2.78. The highest BCUT2D eigenvalue weighted by molar-refractivity contribution is 7.13. The lowest BCUT2D eigenvalue weighted by atomic mass is 9.88. The molecule has 1 saturated carbocycles. The molecule has 0 radical (unpaired) electrons. The molecule has 0 amide bonds. The van der Waals surface area contributed by atoms with Crippen LogP contribution in [0.2, 0.25) is 0 Å². The van der Waals surface area contributed by atoms with Crippen LogP contribution in [-0.2, 0) is 9.63 Å². The van der Waals surface area contributed by atoms with Gasteiger partial charge >= 0.3 is 5.97 Å². The van der Waals surface area contributed by atoms with Crippen LogP contribution >= 0.6 is 11.3 Å². The molecular formula is C12H17N3O3S. The lowest BCUT2D eigenvalue weighted by Crippen LogP contribution is -2.25. The molecule has 0 bridgehead atoms. The van der Waals surface area contributed by atoms with Gasteiger partial charge in [-0.05, 0) is 25.2 Å². The number of aliphatic carboxylic acids is 1. The molecule has 1 aliphatic carbocycles. The summed E-state index contributed by atoms with van der Waals surface area (Å²) >= 11 is 1.18. The van der Waals surface area contributed by atoms with Gasteiger partial charge in [0.2, 0.25) is 5.71 Å². The van der Waals surface area contributed by atoms with Crippen molar-refractivity contribution < 1.29 is 14.7 Å². The summed E-state index contributed by atoms with van der Waals surface area (Å²) in [6.07, 6.45) is 4.28. The summed E-state index contributed by atoms with van der Waals surface area (Å²) in [5, 5.41) is 14.8. The molecule has 1 aromatic rings. The molecule has 7 heteroatoms. The lowest BCUT2D eigenvalue weighted by Gasteiger charge is -2.26. The Bertz CT molecular complexity index is 486. The van der Waals surface area contributed by atoms with Crippen molar-refractivity contribution in [2.45, 2.75) is 38.7 Å². The number of hydrogen-bond acceptors (Lipinski definition) is 6. The molecule has 104 valence electrons. The van der Waals surface area contributed by atoms with Crippen molar-refractivity contribution >= 4 is 28.1 Å². The maximum atomic E-state index is 11.2. The van der Waals surface area contributed by atoms with Crippen molar-refractivity contribution in [2.75, 3.05) is 5.73 Å². The highest BCUT2D eigenvalue weighted by Gasteiger charge is 2.24. The molecule has 0 aromatic carbocycles. The van der Waals surface area contributed by atoms with E-state index < -0.39 is 5.97 Å². The number of oxime groups is 1. The molecule has 1 aromatic heterocycles. The van der Waals surface area contributed by atoms with E-state index in [-0.39, 0.29) is 17.5 Å². The van der Waals surface area contributed by atoms with Crippen molar-refractivity contribution in [1.29, 1.82) is 0 Å². The van der Waals surface area contributed by atoms with Crippen LogP contribution in [0.1, 0.15) is 38.3 Å². The lowest BCUT2D eigenvalue weighted by molar-refractivity contribution is -0.129. The van der Waals surface area contributed by atoms with Gasteiger partial charge in [-0.15, -0.1) is 11.3 Å². The summed E-state index contributed by atoms with van der Waals surface area (Å²) < 4.78 is 0. The van der Waals surface area contributed by atoms with E-state index in [9.17, 15) is 4.79 Å². The largest absolute Gasteiger partial charge is 0.476 e. The minimum absolute atomic E-state index is 0.0147. The van der Waals surface area contributed by atoms with Crippen LogP contribution < -0.4 is 5.73 Å². The quantitative estimate of drug-likeness (QED) is 0.651. The summed E-state index contributed by atoms with van der Waals surface area (Å²) in [5.74, 6) is -0.762. The van der Waals surface area contributed by atoms with Crippen LogP contribution in [0.4, 0.5) is 5.13 Å². The normalized spacial score (nSPS) is 24.2. The SMILES string of the molecule is C[C@@H]1CCCC[C@H]1ON=C(C(=O)O)c1csc(N)n1. The Morgan fingerprint density at radius 2 is 2.32 bits per heavy atom. The van der Waals surface area contributed by atoms with Gasteiger partial charge in [0.05, 0.1) is 0 Å². The molecule has 6 nitrogen and oxygen atoms in total. The zero-order chi connectivity index (χ0) is 13.8. The van der Waals surface area contributed by atoms with Gasteiger partial charge in [-0.2, -0.15) is 0 Å². The van der Waals surface area contributed by atoms with Gasteiger partial charge in [0.1, 0.15) is 11.8 Å². The summed E-state index contributed by atoms with van der Waals surface area (Å²) in [4.78, 5) is 20.5. The van der Waals surface area contributed by atoms with Crippen molar-refractivity contribution in [1.82, 2.24) is 4.98 Å². The second kappa shape index (κ2) is 6.01. The molecule has 0 aliphatic heterocycles. The van der Waals surface area contributed by atoms with E-state index in [0.717, 1.165) is 19.3 Å². The topological polar surface area (TPSA) is 97.8 Å². The van der Waals surface area contributed by atoms with Crippen LogP contribution in [-0.4, -0.2) is 27.9 Å². The highest BCUT2D eigenvalue weighted by Crippen LogP contribution is 2.26. The van der Waals surface area contributed by atoms with E-state index in [2.05, 4.69) is 17.1 Å². The van der Waals surface area contributed by atoms with Gasteiger partial charge in [0, 0.05) is 5.38 Å². The minimum atomic E-state index is -1.16. The number of nitrogen functional groups attached to an aromatic ring is 1. The van der Waals surface area contributed by atoms with Crippen LogP contribution in [0.25, 0.3) is 0 Å². The molecule has 2 rings (SSSR count). The maximum absolute atomic E-state index is 11.2. The van der Waals surface area contributed by atoms with Crippen LogP contribution in [0.5, 0.6) is 0 Å². The molecular weight excluding hydrogens is 266 g/mol. The molecule has 0 spiro atoms. The average molecular weight is 283 g/mol. The number of carbonyl (C=O) groups is 1. The molecule has 19 heavy (non-hydrogen) atoms. The third-order valence-electron chi connectivity index (χ3n) is 3.28. The monoisotopic (exact) mass is 283 g/mol. The van der Waals surface area contributed by atoms with Crippen LogP contribution in [0, 0.1) is 5.92 Å². The Kier molecular flexibility index (Phi) is 4.36. The molecule has 3 N–H and O–H groups in total. The fourth-order valence-electron chi connectivity index (χ4n) is 2.15. The first-order valence-electron chi connectivity index (χ1n) is 6.26. The van der Waals surface area contributed by atoms with E-state index in [4.69, 9.17) is 15.7 Å². The van der Waals surface area contributed by atoms with Gasteiger partial charge in [-0.25, -0.2) is 9.78 Å². The second-order valence-electron chi connectivity index (χ2n) is 4.72. The summed E-state index contributed by atoms with van der Waals surface area (Å²) in [6, 6.07) is 0.